The highest BCUT2D eigenvalue weighted by molar-refractivity contribution is 6.28. The molecule has 11 heteroatoms. The van der Waals surface area contributed by atoms with Crippen LogP contribution in [-0.2, 0) is 19.2 Å². The summed E-state index contributed by atoms with van der Waals surface area (Å²) in [5.74, 6) is -0.347. The van der Waals surface area contributed by atoms with E-state index in [1.54, 1.807) is 48.5 Å². The molecule has 2 N–H and O–H groups in total. The van der Waals surface area contributed by atoms with E-state index in [1.165, 1.54) is 24.3 Å². The van der Waals surface area contributed by atoms with Crippen LogP contribution in [0.25, 0.3) is 0 Å². The van der Waals surface area contributed by atoms with Gasteiger partial charge in [-0.3, -0.25) is 19.2 Å². The molecule has 5 rings (SSSR count). The molecule has 0 radical (unpaired) electrons. The summed E-state index contributed by atoms with van der Waals surface area (Å²) in [5.41, 5.74) is 2.23. The molecule has 1 aromatic heterocycles. The lowest BCUT2D eigenvalue weighted by molar-refractivity contribution is -0.121. The maximum Gasteiger partial charge on any atom is 0.258 e. The number of benzene rings is 2. The number of imide groups is 2. The second-order valence-corrected chi connectivity index (χ2v) is 8.53. The number of anilines is 6. The fourth-order valence-electron chi connectivity index (χ4n) is 3.72. The van der Waals surface area contributed by atoms with Gasteiger partial charge < -0.3 is 10.6 Å². The van der Waals surface area contributed by atoms with Gasteiger partial charge in [0.2, 0.25) is 11.9 Å². The highest BCUT2D eigenvalue weighted by atomic mass is 16.2. The average Bonchev–Trinajstić information content (AvgIpc) is 3.39. The van der Waals surface area contributed by atoms with E-state index in [2.05, 4.69) is 25.6 Å². The molecule has 11 nitrogen and oxygen atoms in total. The molecule has 184 valence electrons. The molecule has 0 fully saturated rings. The van der Waals surface area contributed by atoms with Crippen molar-refractivity contribution in [3.05, 3.63) is 78.7 Å². The Bertz CT molecular complexity index is 1340. The van der Waals surface area contributed by atoms with Gasteiger partial charge in [0.1, 0.15) is 5.82 Å². The second-order valence-electron chi connectivity index (χ2n) is 8.53. The van der Waals surface area contributed by atoms with Crippen molar-refractivity contribution in [2.75, 3.05) is 20.4 Å². The van der Waals surface area contributed by atoms with Gasteiger partial charge in [-0.25, -0.2) is 9.80 Å². The summed E-state index contributed by atoms with van der Waals surface area (Å²) >= 11 is 0. The van der Waals surface area contributed by atoms with Gasteiger partial charge in [0, 0.05) is 41.6 Å². The Morgan fingerprint density at radius 1 is 0.568 bits per heavy atom. The number of aromatic nitrogens is 3. The zero-order chi connectivity index (χ0) is 26.1. The Balaban J connectivity index is 1.33. The number of carbonyl (C=O) groups excluding carboxylic acids is 4. The first-order valence-electron chi connectivity index (χ1n) is 11.4. The fourth-order valence-corrected chi connectivity index (χ4v) is 3.72. The zero-order valence-corrected chi connectivity index (χ0v) is 19.9. The van der Waals surface area contributed by atoms with Gasteiger partial charge in [-0.05, 0) is 48.5 Å². The van der Waals surface area contributed by atoms with Crippen LogP contribution in [0.2, 0.25) is 0 Å². The van der Waals surface area contributed by atoms with Crippen LogP contribution in [0.5, 0.6) is 0 Å². The minimum atomic E-state index is -0.385. The van der Waals surface area contributed by atoms with Crippen molar-refractivity contribution >= 4 is 58.3 Å². The molecule has 0 saturated carbocycles. The van der Waals surface area contributed by atoms with Crippen LogP contribution in [0.4, 0.5) is 34.6 Å². The molecule has 0 atom stereocenters. The Hall–Kier alpha value is -5.19. The molecular weight excluding hydrogens is 474 g/mol. The molecule has 3 heterocycles. The lowest BCUT2D eigenvalue weighted by Gasteiger charge is -2.16. The molecule has 2 aromatic carbocycles. The van der Waals surface area contributed by atoms with Crippen LogP contribution in [-0.4, -0.2) is 38.6 Å². The number of amides is 4. The molecule has 4 amide bonds. The smallest absolute Gasteiger partial charge is 0.258 e. The summed E-state index contributed by atoms with van der Waals surface area (Å²) in [6.07, 6.45) is 4.93. The van der Waals surface area contributed by atoms with Crippen molar-refractivity contribution in [1.29, 1.82) is 0 Å². The minimum absolute atomic E-state index is 0.0215. The number of nitrogens with zero attached hydrogens (tertiary/aromatic N) is 5. The molecular formula is C26H21N7O4. The first kappa shape index (κ1) is 23.5. The molecule has 0 spiro atoms. The predicted octanol–water partition coefficient (Wildman–Crippen LogP) is 3.34. The molecule has 0 bridgehead atoms. The van der Waals surface area contributed by atoms with E-state index in [0.717, 1.165) is 9.80 Å². The summed E-state index contributed by atoms with van der Waals surface area (Å²) in [7, 11) is 0. The monoisotopic (exact) mass is 495 g/mol. The number of carbonyl (C=O) groups is 4. The van der Waals surface area contributed by atoms with E-state index in [9.17, 15) is 19.2 Å². The standard InChI is InChI=1S/C26H21N7O4/c1-15(2)24-29-25(27-16-3-7-18(8-4-16)32-20(34)11-12-21(32)35)31-26(30-24)28-17-5-9-19(10-6-17)33-22(36)13-14-23(33)37/h3-15H,1-2H3,(H2,27,28,29,30,31). The Kier molecular flexibility index (Phi) is 6.02. The quantitative estimate of drug-likeness (QED) is 0.473. The first-order valence-corrected chi connectivity index (χ1v) is 11.4. The van der Waals surface area contributed by atoms with Crippen LogP contribution in [0.15, 0.2) is 72.8 Å². The minimum Gasteiger partial charge on any atom is -0.324 e. The Morgan fingerprint density at radius 2 is 0.919 bits per heavy atom. The van der Waals surface area contributed by atoms with Gasteiger partial charge in [0.25, 0.3) is 23.6 Å². The third-order valence-electron chi connectivity index (χ3n) is 5.55. The molecule has 2 aliphatic heterocycles. The first-order chi connectivity index (χ1) is 17.8. The predicted molar refractivity (Wildman–Crippen MR) is 137 cm³/mol. The van der Waals surface area contributed by atoms with Crippen molar-refractivity contribution in [3.63, 3.8) is 0 Å². The summed E-state index contributed by atoms with van der Waals surface area (Å²) in [6.45, 7) is 3.92. The summed E-state index contributed by atoms with van der Waals surface area (Å²) < 4.78 is 0. The highest BCUT2D eigenvalue weighted by Gasteiger charge is 2.26. The molecule has 0 unspecified atom stereocenters. The van der Waals surface area contributed by atoms with E-state index in [1.807, 2.05) is 13.8 Å². The number of rotatable bonds is 7. The third kappa shape index (κ3) is 4.82. The fraction of sp³-hybridized carbons (Fsp3) is 0.115. The van der Waals surface area contributed by atoms with E-state index in [-0.39, 0.29) is 29.5 Å². The van der Waals surface area contributed by atoms with E-state index in [0.29, 0.717) is 40.5 Å². The van der Waals surface area contributed by atoms with Crippen LogP contribution < -0.4 is 20.4 Å². The Morgan fingerprint density at radius 3 is 1.24 bits per heavy atom. The van der Waals surface area contributed by atoms with E-state index >= 15 is 0 Å². The number of nitrogens with one attached hydrogen (secondary N) is 2. The molecule has 37 heavy (non-hydrogen) atoms. The molecule has 2 aliphatic rings. The SMILES string of the molecule is CC(C)c1nc(Nc2ccc(N3C(=O)C=CC3=O)cc2)nc(Nc2ccc(N3C(=O)C=CC3=O)cc2)n1. The molecule has 0 saturated heterocycles. The van der Waals surface area contributed by atoms with Crippen molar-refractivity contribution in [2.24, 2.45) is 0 Å². The van der Waals surface area contributed by atoms with Gasteiger partial charge in [-0.15, -0.1) is 0 Å². The zero-order valence-electron chi connectivity index (χ0n) is 19.9. The van der Waals surface area contributed by atoms with Gasteiger partial charge in [0.05, 0.1) is 11.4 Å². The van der Waals surface area contributed by atoms with Crippen molar-refractivity contribution < 1.29 is 19.2 Å². The normalized spacial score (nSPS) is 14.9. The summed E-state index contributed by atoms with van der Waals surface area (Å²) in [4.78, 5) is 63.2. The molecule has 3 aromatic rings. The average molecular weight is 495 g/mol. The lowest BCUT2D eigenvalue weighted by Crippen LogP contribution is -2.29. The van der Waals surface area contributed by atoms with Gasteiger partial charge in [0.15, 0.2) is 0 Å². The van der Waals surface area contributed by atoms with Crippen molar-refractivity contribution in [1.82, 2.24) is 15.0 Å². The van der Waals surface area contributed by atoms with Crippen LogP contribution in [0, 0.1) is 0 Å². The number of hydrogen-bond acceptors (Lipinski definition) is 9. The van der Waals surface area contributed by atoms with E-state index < -0.39 is 0 Å². The van der Waals surface area contributed by atoms with Crippen LogP contribution >= 0.6 is 0 Å². The highest BCUT2D eigenvalue weighted by Crippen LogP contribution is 2.25. The maximum absolute atomic E-state index is 11.9. The van der Waals surface area contributed by atoms with Gasteiger partial charge >= 0.3 is 0 Å². The van der Waals surface area contributed by atoms with Crippen molar-refractivity contribution in [2.45, 2.75) is 19.8 Å². The topological polar surface area (TPSA) is 137 Å². The lowest BCUT2D eigenvalue weighted by atomic mass is 10.2. The van der Waals surface area contributed by atoms with Crippen LogP contribution in [0.1, 0.15) is 25.6 Å². The van der Waals surface area contributed by atoms with Crippen molar-refractivity contribution in [3.8, 4) is 0 Å². The summed E-state index contributed by atoms with van der Waals surface area (Å²) in [5, 5.41) is 6.25. The van der Waals surface area contributed by atoms with Crippen LogP contribution in [0.3, 0.4) is 0 Å². The molecule has 0 aliphatic carbocycles. The second kappa shape index (κ2) is 9.46. The summed E-state index contributed by atoms with van der Waals surface area (Å²) in [6, 6.07) is 13.5. The maximum atomic E-state index is 11.9. The van der Waals surface area contributed by atoms with E-state index in [4.69, 9.17) is 0 Å². The Labute approximate surface area is 211 Å². The van der Waals surface area contributed by atoms with Gasteiger partial charge in [-0.2, -0.15) is 15.0 Å². The largest absolute Gasteiger partial charge is 0.324 e. The third-order valence-corrected chi connectivity index (χ3v) is 5.55. The van der Waals surface area contributed by atoms with Gasteiger partial charge in [-0.1, -0.05) is 13.8 Å². The number of hydrogen-bond donors (Lipinski definition) is 2.